The number of aromatic nitrogens is 4. The van der Waals surface area contributed by atoms with E-state index in [9.17, 15) is 14.7 Å². The predicted molar refractivity (Wildman–Crippen MR) is 149 cm³/mol. The van der Waals surface area contributed by atoms with Crippen molar-refractivity contribution < 1.29 is 9.90 Å². The molecule has 0 radical (unpaired) electrons. The first-order valence-corrected chi connectivity index (χ1v) is 12.4. The number of para-hydroxylation sites is 1. The number of nitrogens with two attached hydrogens (primary N) is 1. The summed E-state index contributed by atoms with van der Waals surface area (Å²) >= 11 is 0. The second kappa shape index (κ2) is 10.8. The fourth-order valence-corrected chi connectivity index (χ4v) is 4.44. The molecule has 3 aromatic heterocycles. The highest BCUT2D eigenvalue weighted by atomic mass is 16.3. The summed E-state index contributed by atoms with van der Waals surface area (Å²) in [5, 5.41) is 20.6. The number of benzene rings is 2. The van der Waals surface area contributed by atoms with Crippen LogP contribution in [-0.2, 0) is 0 Å². The molecule has 1 unspecified atom stereocenters. The van der Waals surface area contributed by atoms with E-state index in [1.165, 1.54) is 4.52 Å². The van der Waals surface area contributed by atoms with Gasteiger partial charge in [0, 0.05) is 23.1 Å². The van der Waals surface area contributed by atoms with Gasteiger partial charge in [-0.3, -0.25) is 19.5 Å². The van der Waals surface area contributed by atoms with Gasteiger partial charge >= 0.3 is 0 Å². The van der Waals surface area contributed by atoms with Gasteiger partial charge in [-0.25, -0.2) is 9.50 Å². The number of nitrogens with zero attached hydrogens (tertiary/aromatic N) is 4. The zero-order chi connectivity index (χ0) is 27.5. The van der Waals surface area contributed by atoms with Crippen LogP contribution in [0.1, 0.15) is 41.6 Å². The minimum atomic E-state index is -0.687. The Morgan fingerprint density at radius 3 is 2.67 bits per heavy atom. The highest BCUT2D eigenvalue weighted by Crippen LogP contribution is 2.24. The van der Waals surface area contributed by atoms with Crippen LogP contribution in [0.25, 0.3) is 22.1 Å². The largest absolute Gasteiger partial charge is 0.382 e. The molecule has 0 aliphatic heterocycles. The normalized spacial score (nSPS) is 12.6. The van der Waals surface area contributed by atoms with Gasteiger partial charge in [0.05, 0.1) is 18.0 Å². The van der Waals surface area contributed by atoms with Gasteiger partial charge in [-0.2, -0.15) is 5.10 Å². The number of anilines is 1. The van der Waals surface area contributed by atoms with Gasteiger partial charge in [0.2, 0.25) is 0 Å². The third kappa shape index (κ3) is 5.09. The third-order valence-electron chi connectivity index (χ3n) is 6.22. The molecule has 39 heavy (non-hydrogen) atoms. The van der Waals surface area contributed by atoms with Crippen molar-refractivity contribution in [1.29, 1.82) is 0 Å². The Labute approximate surface area is 224 Å². The maximum atomic E-state index is 14.0. The Morgan fingerprint density at radius 1 is 1.10 bits per heavy atom. The first-order valence-electron chi connectivity index (χ1n) is 12.4. The van der Waals surface area contributed by atoms with E-state index in [0.29, 0.717) is 33.4 Å². The molecule has 10 nitrogen and oxygen atoms in total. The summed E-state index contributed by atoms with van der Waals surface area (Å²) in [6.45, 7) is 3.68. The van der Waals surface area contributed by atoms with Gasteiger partial charge in [0.15, 0.2) is 17.2 Å². The lowest BCUT2D eigenvalue weighted by atomic mass is 10.0. The Hall–Kier alpha value is -4.98. The van der Waals surface area contributed by atoms with Gasteiger partial charge in [0.1, 0.15) is 6.23 Å². The van der Waals surface area contributed by atoms with Crippen LogP contribution in [0, 0.1) is 11.8 Å². The van der Waals surface area contributed by atoms with E-state index in [1.807, 2.05) is 48.5 Å². The van der Waals surface area contributed by atoms with E-state index >= 15 is 0 Å². The number of carbonyl (C=O) groups is 1. The molecule has 2 atom stereocenters. The fourth-order valence-electron chi connectivity index (χ4n) is 4.44. The average molecular weight is 522 g/mol. The molecule has 5 aromatic rings. The molecule has 5 rings (SSSR count). The lowest BCUT2D eigenvalue weighted by Gasteiger charge is -2.21. The Morgan fingerprint density at radius 2 is 1.90 bits per heavy atom. The maximum Gasteiger partial charge on any atom is 0.274 e. The average Bonchev–Trinajstić information content (AvgIpc) is 3.27. The number of nitrogens with one attached hydrogen (secondary N) is 2. The van der Waals surface area contributed by atoms with Crippen LogP contribution in [0.2, 0.25) is 0 Å². The second-order valence-electron chi connectivity index (χ2n) is 9.01. The molecule has 0 aliphatic carbocycles. The number of nitrogen functional groups attached to an aromatic ring is 1. The van der Waals surface area contributed by atoms with Crippen LogP contribution in [0.15, 0.2) is 77.7 Å². The number of hydrogen-bond acceptors (Lipinski definition) is 7. The SMILES string of the molecule is CC(O)NCC#Cc1cccc2cc([C@H](C)NC(=O)c3c(N)nc4cccnn34)n(-c3ccccc3)c(=O)c12. The van der Waals surface area contributed by atoms with E-state index in [1.54, 1.807) is 42.8 Å². The molecule has 1 amide bonds. The summed E-state index contributed by atoms with van der Waals surface area (Å²) in [6, 6.07) is 19.4. The number of carbonyl (C=O) groups excluding carboxylic acids is 1. The molecule has 5 N–H and O–H groups in total. The summed E-state index contributed by atoms with van der Waals surface area (Å²) in [6.07, 6.45) is 0.860. The minimum Gasteiger partial charge on any atom is -0.382 e. The van der Waals surface area contributed by atoms with Gasteiger partial charge in [-0.05, 0) is 55.6 Å². The molecular weight excluding hydrogens is 494 g/mol. The van der Waals surface area contributed by atoms with Crippen molar-refractivity contribution in [3.63, 3.8) is 0 Å². The van der Waals surface area contributed by atoms with E-state index in [4.69, 9.17) is 5.73 Å². The Bertz CT molecular complexity index is 1800. The van der Waals surface area contributed by atoms with Crippen molar-refractivity contribution in [3.8, 4) is 17.5 Å². The molecule has 3 heterocycles. The number of pyridine rings is 1. The summed E-state index contributed by atoms with van der Waals surface area (Å²) < 4.78 is 2.97. The number of amides is 1. The van der Waals surface area contributed by atoms with Crippen LogP contribution >= 0.6 is 0 Å². The fraction of sp³-hybridized carbons (Fsp3) is 0.172. The third-order valence-corrected chi connectivity index (χ3v) is 6.22. The molecule has 196 valence electrons. The molecule has 0 saturated carbocycles. The van der Waals surface area contributed by atoms with E-state index in [0.717, 1.165) is 0 Å². The van der Waals surface area contributed by atoms with Crippen molar-refractivity contribution in [3.05, 3.63) is 100 Å². The van der Waals surface area contributed by atoms with Gasteiger partial charge in [-0.15, -0.1) is 0 Å². The van der Waals surface area contributed by atoms with Crippen molar-refractivity contribution in [2.24, 2.45) is 0 Å². The first-order chi connectivity index (χ1) is 18.8. The quantitative estimate of drug-likeness (QED) is 0.199. The number of aliphatic hydroxyl groups is 1. The van der Waals surface area contributed by atoms with Gasteiger partial charge in [-0.1, -0.05) is 42.2 Å². The Kier molecular flexibility index (Phi) is 7.10. The summed E-state index contributed by atoms with van der Waals surface area (Å²) in [5.74, 6) is 5.60. The van der Waals surface area contributed by atoms with Crippen molar-refractivity contribution in [2.45, 2.75) is 26.1 Å². The van der Waals surface area contributed by atoms with Crippen LogP contribution in [0.4, 0.5) is 5.82 Å². The number of imidazole rings is 1. The Balaban J connectivity index is 1.61. The van der Waals surface area contributed by atoms with Gasteiger partial charge < -0.3 is 16.2 Å². The summed E-state index contributed by atoms with van der Waals surface area (Å²) in [4.78, 5) is 31.6. The lowest BCUT2D eigenvalue weighted by Crippen LogP contribution is -2.33. The van der Waals surface area contributed by atoms with E-state index in [2.05, 4.69) is 32.6 Å². The number of hydrogen-bond donors (Lipinski definition) is 4. The zero-order valence-electron chi connectivity index (χ0n) is 21.4. The van der Waals surface area contributed by atoms with Crippen LogP contribution in [0.3, 0.4) is 0 Å². The molecule has 0 aliphatic rings. The first kappa shape index (κ1) is 25.7. The summed E-state index contributed by atoms with van der Waals surface area (Å²) in [7, 11) is 0. The topological polar surface area (TPSA) is 140 Å². The van der Waals surface area contributed by atoms with Crippen molar-refractivity contribution in [2.75, 3.05) is 12.3 Å². The highest BCUT2D eigenvalue weighted by molar-refractivity contribution is 5.98. The highest BCUT2D eigenvalue weighted by Gasteiger charge is 2.23. The van der Waals surface area contributed by atoms with E-state index in [-0.39, 0.29) is 23.6 Å². The molecular formula is C29H27N7O3. The zero-order valence-corrected chi connectivity index (χ0v) is 21.4. The van der Waals surface area contributed by atoms with E-state index < -0.39 is 18.2 Å². The van der Waals surface area contributed by atoms with Crippen LogP contribution in [0.5, 0.6) is 0 Å². The smallest absolute Gasteiger partial charge is 0.274 e. The minimum absolute atomic E-state index is 0.0608. The number of fused-ring (bicyclic) bond motifs is 2. The molecule has 0 fully saturated rings. The monoisotopic (exact) mass is 521 g/mol. The molecule has 2 aromatic carbocycles. The summed E-state index contributed by atoms with van der Waals surface area (Å²) in [5.41, 5.74) is 8.16. The second-order valence-corrected chi connectivity index (χ2v) is 9.01. The van der Waals surface area contributed by atoms with Crippen molar-refractivity contribution >= 4 is 28.1 Å². The molecule has 0 bridgehead atoms. The standard InChI is InChI=1S/C29H27N7O3/c1-18(33-28(38)26-27(30)34-24-14-8-16-32-36(24)26)23-17-21-10-6-9-20(11-7-15-31-19(2)37)25(21)29(39)35(23)22-12-4-3-5-13-22/h3-6,8-10,12-14,16-19,31,37H,15,30H2,1-2H3,(H,33,38)/t18-,19?/m0/s1. The number of aliphatic hydroxyl groups excluding tert-OH is 1. The van der Waals surface area contributed by atoms with Crippen LogP contribution < -0.4 is 21.9 Å². The predicted octanol–water partition coefficient (Wildman–Crippen LogP) is 2.39. The number of rotatable bonds is 6. The maximum absolute atomic E-state index is 14.0. The lowest BCUT2D eigenvalue weighted by molar-refractivity contribution is 0.0932. The van der Waals surface area contributed by atoms with Crippen LogP contribution in [-0.4, -0.2) is 43.0 Å². The molecule has 10 heteroatoms. The van der Waals surface area contributed by atoms with Crippen molar-refractivity contribution in [1.82, 2.24) is 29.8 Å². The van der Waals surface area contributed by atoms with Gasteiger partial charge in [0.25, 0.3) is 11.5 Å². The molecule has 0 saturated heterocycles. The molecule has 0 spiro atoms.